The van der Waals surface area contributed by atoms with Gasteiger partial charge in [-0.2, -0.15) is 0 Å². The van der Waals surface area contributed by atoms with Crippen LogP contribution in [0.2, 0.25) is 0 Å². The van der Waals surface area contributed by atoms with Gasteiger partial charge in [0, 0.05) is 12.1 Å². The van der Waals surface area contributed by atoms with Gasteiger partial charge >= 0.3 is 0 Å². The predicted molar refractivity (Wildman–Crippen MR) is 82.4 cm³/mol. The first kappa shape index (κ1) is 15.0. The number of benzene rings is 1. The summed E-state index contributed by atoms with van der Waals surface area (Å²) in [6.45, 7) is 4.21. The Bertz CT molecular complexity index is 422. The minimum absolute atomic E-state index is 0.0631. The summed E-state index contributed by atoms with van der Waals surface area (Å²) in [5.74, 6) is 0.390. The van der Waals surface area contributed by atoms with Gasteiger partial charge in [0.05, 0.1) is 5.92 Å². The zero-order valence-electron chi connectivity index (χ0n) is 12.5. The second-order valence-corrected chi connectivity index (χ2v) is 6.25. The number of carbonyl (C=O) groups excluding carboxylic acids is 1. The molecule has 20 heavy (non-hydrogen) atoms. The maximum Gasteiger partial charge on any atom is 0.228 e. The SMILES string of the molecule is CC(C)C(C(=O)NC1CCC(N)CC1)c1ccccc1. The van der Waals surface area contributed by atoms with Crippen LogP contribution in [0.1, 0.15) is 51.0 Å². The zero-order chi connectivity index (χ0) is 14.5. The highest BCUT2D eigenvalue weighted by Crippen LogP contribution is 2.26. The normalized spacial score (nSPS) is 24.4. The zero-order valence-corrected chi connectivity index (χ0v) is 12.5. The third-order valence-corrected chi connectivity index (χ3v) is 4.23. The maximum absolute atomic E-state index is 12.6. The van der Waals surface area contributed by atoms with Gasteiger partial charge in [0.15, 0.2) is 0 Å². The number of nitrogens with one attached hydrogen (secondary N) is 1. The Balaban J connectivity index is 2.01. The van der Waals surface area contributed by atoms with Crippen molar-refractivity contribution in [3.63, 3.8) is 0 Å². The van der Waals surface area contributed by atoms with Gasteiger partial charge in [-0.25, -0.2) is 0 Å². The van der Waals surface area contributed by atoms with Gasteiger partial charge in [-0.15, -0.1) is 0 Å². The molecule has 0 saturated heterocycles. The van der Waals surface area contributed by atoms with E-state index in [0.717, 1.165) is 31.2 Å². The van der Waals surface area contributed by atoms with Crippen LogP contribution in [0.15, 0.2) is 30.3 Å². The van der Waals surface area contributed by atoms with Crippen LogP contribution in [0.4, 0.5) is 0 Å². The van der Waals surface area contributed by atoms with Crippen molar-refractivity contribution in [2.75, 3.05) is 0 Å². The molecule has 0 spiro atoms. The standard InChI is InChI=1S/C17H26N2O/c1-12(2)16(13-6-4-3-5-7-13)17(20)19-15-10-8-14(18)9-11-15/h3-7,12,14-16H,8-11,18H2,1-2H3,(H,19,20). The quantitative estimate of drug-likeness (QED) is 0.887. The molecule has 1 aliphatic rings. The largest absolute Gasteiger partial charge is 0.353 e. The highest BCUT2D eigenvalue weighted by molar-refractivity contribution is 5.84. The molecule has 3 nitrogen and oxygen atoms in total. The van der Waals surface area contributed by atoms with E-state index >= 15 is 0 Å². The number of amides is 1. The van der Waals surface area contributed by atoms with Crippen molar-refractivity contribution < 1.29 is 4.79 Å². The Hall–Kier alpha value is -1.35. The molecule has 0 radical (unpaired) electrons. The molecule has 0 bridgehead atoms. The van der Waals surface area contributed by atoms with Gasteiger partial charge in [0.1, 0.15) is 0 Å². The summed E-state index contributed by atoms with van der Waals surface area (Å²) < 4.78 is 0. The lowest BCUT2D eigenvalue weighted by Gasteiger charge is -2.29. The molecular formula is C17H26N2O. The van der Waals surface area contributed by atoms with Crippen molar-refractivity contribution >= 4 is 5.91 Å². The molecule has 0 aromatic heterocycles. The molecule has 3 heteroatoms. The molecule has 110 valence electrons. The van der Waals surface area contributed by atoms with E-state index in [1.807, 2.05) is 30.3 Å². The van der Waals surface area contributed by atoms with Crippen LogP contribution in [-0.2, 0) is 4.79 Å². The van der Waals surface area contributed by atoms with Crippen LogP contribution in [-0.4, -0.2) is 18.0 Å². The number of hydrogen-bond donors (Lipinski definition) is 2. The van der Waals surface area contributed by atoms with Gasteiger partial charge in [0.25, 0.3) is 0 Å². The molecule has 1 aromatic rings. The molecule has 0 heterocycles. The van der Waals surface area contributed by atoms with Crippen LogP contribution in [0.3, 0.4) is 0 Å². The van der Waals surface area contributed by atoms with Crippen molar-refractivity contribution in [1.82, 2.24) is 5.32 Å². The summed E-state index contributed by atoms with van der Waals surface area (Å²) in [4.78, 5) is 12.6. The fourth-order valence-electron chi connectivity index (χ4n) is 3.05. The lowest BCUT2D eigenvalue weighted by Crippen LogP contribution is -2.43. The van der Waals surface area contributed by atoms with E-state index in [4.69, 9.17) is 5.73 Å². The lowest BCUT2D eigenvalue weighted by molar-refractivity contribution is -0.124. The van der Waals surface area contributed by atoms with E-state index in [1.165, 1.54) is 0 Å². The number of rotatable bonds is 4. The molecule has 1 saturated carbocycles. The summed E-state index contributed by atoms with van der Waals surface area (Å²) in [6, 6.07) is 10.7. The number of hydrogen-bond acceptors (Lipinski definition) is 2. The Morgan fingerprint density at radius 3 is 2.30 bits per heavy atom. The van der Waals surface area contributed by atoms with Crippen molar-refractivity contribution in [1.29, 1.82) is 0 Å². The predicted octanol–water partition coefficient (Wildman–Crippen LogP) is 2.81. The van der Waals surface area contributed by atoms with Crippen molar-refractivity contribution in [2.45, 2.75) is 57.5 Å². The van der Waals surface area contributed by atoms with Gasteiger partial charge in [-0.3, -0.25) is 4.79 Å². The highest BCUT2D eigenvalue weighted by Gasteiger charge is 2.27. The van der Waals surface area contributed by atoms with Crippen LogP contribution in [0.25, 0.3) is 0 Å². The Morgan fingerprint density at radius 2 is 1.75 bits per heavy atom. The topological polar surface area (TPSA) is 55.1 Å². The van der Waals surface area contributed by atoms with Crippen LogP contribution < -0.4 is 11.1 Å². The van der Waals surface area contributed by atoms with Crippen LogP contribution in [0.5, 0.6) is 0 Å². The lowest BCUT2D eigenvalue weighted by atomic mass is 9.86. The first-order valence-corrected chi connectivity index (χ1v) is 7.69. The summed E-state index contributed by atoms with van der Waals surface area (Å²) in [5.41, 5.74) is 7.02. The molecule has 1 aromatic carbocycles. The first-order chi connectivity index (χ1) is 9.58. The third-order valence-electron chi connectivity index (χ3n) is 4.23. The molecule has 1 fully saturated rings. The average molecular weight is 274 g/mol. The molecule has 1 amide bonds. The van der Waals surface area contributed by atoms with Crippen molar-refractivity contribution in [2.24, 2.45) is 11.7 Å². The van der Waals surface area contributed by atoms with Crippen molar-refractivity contribution in [3.05, 3.63) is 35.9 Å². The Morgan fingerprint density at radius 1 is 1.15 bits per heavy atom. The number of nitrogens with two attached hydrogens (primary N) is 1. The van der Waals surface area contributed by atoms with Gasteiger partial charge in [0.2, 0.25) is 5.91 Å². The fourth-order valence-corrected chi connectivity index (χ4v) is 3.05. The first-order valence-electron chi connectivity index (χ1n) is 7.69. The average Bonchev–Trinajstić information content (AvgIpc) is 2.42. The summed E-state index contributed by atoms with van der Waals surface area (Å²) in [7, 11) is 0. The second kappa shape index (κ2) is 6.89. The molecule has 0 aliphatic heterocycles. The molecule has 2 rings (SSSR count). The number of carbonyl (C=O) groups is 1. The van der Waals surface area contributed by atoms with Gasteiger partial charge in [-0.1, -0.05) is 44.2 Å². The minimum atomic E-state index is -0.0631. The monoisotopic (exact) mass is 274 g/mol. The Kier molecular flexibility index (Phi) is 5.18. The third kappa shape index (κ3) is 3.83. The molecule has 3 N–H and O–H groups in total. The smallest absolute Gasteiger partial charge is 0.228 e. The van der Waals surface area contributed by atoms with Crippen LogP contribution in [0, 0.1) is 5.92 Å². The minimum Gasteiger partial charge on any atom is -0.353 e. The van der Waals surface area contributed by atoms with E-state index in [0.29, 0.717) is 18.0 Å². The van der Waals surface area contributed by atoms with Gasteiger partial charge in [-0.05, 0) is 37.2 Å². The summed E-state index contributed by atoms with van der Waals surface area (Å²) in [6.07, 6.45) is 4.05. The van der Waals surface area contributed by atoms with E-state index in [2.05, 4.69) is 19.2 Å². The van der Waals surface area contributed by atoms with E-state index in [-0.39, 0.29) is 11.8 Å². The summed E-state index contributed by atoms with van der Waals surface area (Å²) in [5, 5.41) is 3.22. The van der Waals surface area contributed by atoms with Crippen LogP contribution >= 0.6 is 0 Å². The van der Waals surface area contributed by atoms with Crippen molar-refractivity contribution in [3.8, 4) is 0 Å². The summed E-state index contributed by atoms with van der Waals surface area (Å²) >= 11 is 0. The highest BCUT2D eigenvalue weighted by atomic mass is 16.1. The molecule has 1 aliphatic carbocycles. The van der Waals surface area contributed by atoms with E-state index < -0.39 is 0 Å². The second-order valence-electron chi connectivity index (χ2n) is 6.25. The van der Waals surface area contributed by atoms with E-state index in [1.54, 1.807) is 0 Å². The fraction of sp³-hybridized carbons (Fsp3) is 0.588. The van der Waals surface area contributed by atoms with Gasteiger partial charge < -0.3 is 11.1 Å². The van der Waals surface area contributed by atoms with E-state index in [9.17, 15) is 4.79 Å². The maximum atomic E-state index is 12.6. The molecule has 1 atom stereocenters. The Labute approximate surface area is 121 Å². The molecular weight excluding hydrogens is 248 g/mol. The molecule has 1 unspecified atom stereocenters.